The maximum Gasteiger partial charge on any atom is 0.133 e. The largest absolute Gasteiger partial charge is 0.300 e. The Labute approximate surface area is 101 Å². The first-order valence-electron chi connectivity index (χ1n) is 6.12. The van der Waals surface area contributed by atoms with Crippen LogP contribution in [-0.2, 0) is 11.3 Å². The van der Waals surface area contributed by atoms with Crippen LogP contribution in [0.25, 0.3) is 0 Å². The quantitative estimate of drug-likeness (QED) is 0.803. The summed E-state index contributed by atoms with van der Waals surface area (Å²) >= 11 is 0. The van der Waals surface area contributed by atoms with E-state index in [1.54, 1.807) is 6.07 Å². The normalized spacial score (nSPS) is 17.7. The van der Waals surface area contributed by atoms with Crippen molar-refractivity contribution < 1.29 is 9.18 Å². The van der Waals surface area contributed by atoms with E-state index in [9.17, 15) is 9.18 Å². The number of rotatable bonds is 3. The molecule has 0 amide bonds. The molecule has 0 saturated heterocycles. The molecule has 0 spiro atoms. The Morgan fingerprint density at radius 2 is 1.94 bits per heavy atom. The van der Waals surface area contributed by atoms with Gasteiger partial charge in [-0.3, -0.25) is 9.69 Å². The summed E-state index contributed by atoms with van der Waals surface area (Å²) in [5.74, 6) is 0.215. The first kappa shape index (κ1) is 12.2. The van der Waals surface area contributed by atoms with Gasteiger partial charge in [0, 0.05) is 31.0 Å². The Hall–Kier alpha value is -1.22. The zero-order chi connectivity index (χ0) is 12.3. The van der Waals surface area contributed by atoms with E-state index < -0.39 is 0 Å². The predicted molar refractivity (Wildman–Crippen MR) is 65.1 cm³/mol. The minimum atomic E-state index is -0.147. The molecule has 0 aliphatic heterocycles. The molecule has 1 aliphatic carbocycles. The second kappa shape index (κ2) is 5.41. The van der Waals surface area contributed by atoms with Crippen molar-refractivity contribution in [2.45, 2.75) is 38.3 Å². The van der Waals surface area contributed by atoms with Crippen molar-refractivity contribution in [2.75, 3.05) is 7.05 Å². The summed E-state index contributed by atoms with van der Waals surface area (Å²) in [6, 6.07) is 7.29. The molecule has 2 rings (SSSR count). The van der Waals surface area contributed by atoms with Crippen LogP contribution < -0.4 is 0 Å². The molecule has 0 aromatic heterocycles. The average molecular weight is 235 g/mol. The van der Waals surface area contributed by atoms with Crippen LogP contribution in [0.2, 0.25) is 0 Å². The zero-order valence-corrected chi connectivity index (χ0v) is 10.2. The zero-order valence-electron chi connectivity index (χ0n) is 10.2. The van der Waals surface area contributed by atoms with Gasteiger partial charge in [-0.15, -0.1) is 0 Å². The van der Waals surface area contributed by atoms with E-state index in [0.29, 0.717) is 31.2 Å². The maximum atomic E-state index is 13.5. The molecule has 0 bridgehead atoms. The van der Waals surface area contributed by atoms with Gasteiger partial charge in [0.25, 0.3) is 0 Å². The lowest BCUT2D eigenvalue weighted by Gasteiger charge is -2.30. The fourth-order valence-corrected chi connectivity index (χ4v) is 2.39. The maximum absolute atomic E-state index is 13.5. The number of Topliss-reactive ketones (excluding diaryl/α,β-unsaturated/α-hetero) is 1. The van der Waals surface area contributed by atoms with Gasteiger partial charge in [-0.2, -0.15) is 0 Å². The number of carbonyl (C=O) groups is 1. The van der Waals surface area contributed by atoms with Crippen LogP contribution in [0.15, 0.2) is 24.3 Å². The summed E-state index contributed by atoms with van der Waals surface area (Å²) < 4.78 is 13.5. The number of nitrogens with zero attached hydrogens (tertiary/aromatic N) is 1. The summed E-state index contributed by atoms with van der Waals surface area (Å²) in [7, 11) is 2.01. The third-order valence-corrected chi connectivity index (χ3v) is 3.51. The van der Waals surface area contributed by atoms with Crippen LogP contribution in [0, 0.1) is 5.82 Å². The van der Waals surface area contributed by atoms with E-state index in [1.165, 1.54) is 6.07 Å². The lowest BCUT2D eigenvalue weighted by Crippen LogP contribution is -2.35. The fourth-order valence-electron chi connectivity index (χ4n) is 2.39. The summed E-state index contributed by atoms with van der Waals surface area (Å²) in [5.41, 5.74) is 0.729. The molecule has 1 saturated carbocycles. The van der Waals surface area contributed by atoms with E-state index in [-0.39, 0.29) is 5.82 Å². The molecule has 1 fully saturated rings. The second-order valence-electron chi connectivity index (χ2n) is 4.78. The van der Waals surface area contributed by atoms with Gasteiger partial charge in [0.05, 0.1) is 0 Å². The standard InChI is InChI=1S/C14H18FNO/c1-16(12-6-8-13(17)9-7-12)10-11-4-2-3-5-14(11)15/h2-5,12H,6-10H2,1H3. The molecule has 0 unspecified atom stereocenters. The van der Waals surface area contributed by atoms with Gasteiger partial charge < -0.3 is 0 Å². The fraction of sp³-hybridized carbons (Fsp3) is 0.500. The van der Waals surface area contributed by atoms with Crippen LogP contribution in [0.1, 0.15) is 31.2 Å². The van der Waals surface area contributed by atoms with Gasteiger partial charge in [-0.25, -0.2) is 4.39 Å². The molecule has 1 aliphatic rings. The average Bonchev–Trinajstić information content (AvgIpc) is 2.33. The third kappa shape index (κ3) is 3.13. The molecule has 0 radical (unpaired) electrons. The first-order chi connectivity index (χ1) is 8.16. The molecule has 17 heavy (non-hydrogen) atoms. The predicted octanol–water partition coefficient (Wildman–Crippen LogP) is 2.77. The summed E-state index contributed by atoms with van der Waals surface area (Å²) in [6.45, 7) is 0.617. The molecule has 2 nitrogen and oxygen atoms in total. The van der Waals surface area contributed by atoms with Crippen molar-refractivity contribution >= 4 is 5.78 Å². The molecule has 1 aromatic carbocycles. The lowest BCUT2D eigenvalue weighted by atomic mass is 9.93. The molecular formula is C14H18FNO. The number of hydrogen-bond acceptors (Lipinski definition) is 2. The number of hydrogen-bond donors (Lipinski definition) is 0. The number of carbonyl (C=O) groups excluding carboxylic acids is 1. The summed E-state index contributed by atoms with van der Waals surface area (Å²) in [4.78, 5) is 13.3. The number of benzene rings is 1. The van der Waals surface area contributed by atoms with E-state index in [1.807, 2.05) is 19.2 Å². The summed E-state index contributed by atoms with van der Waals surface area (Å²) in [5, 5.41) is 0. The third-order valence-electron chi connectivity index (χ3n) is 3.51. The Morgan fingerprint density at radius 1 is 1.29 bits per heavy atom. The molecule has 3 heteroatoms. The number of ketones is 1. The van der Waals surface area contributed by atoms with Gasteiger partial charge in [0.1, 0.15) is 11.6 Å². The Kier molecular flexibility index (Phi) is 3.89. The lowest BCUT2D eigenvalue weighted by molar-refractivity contribution is -0.121. The van der Waals surface area contributed by atoms with Gasteiger partial charge in [-0.1, -0.05) is 18.2 Å². The van der Waals surface area contributed by atoms with Crippen LogP contribution in [-0.4, -0.2) is 23.8 Å². The van der Waals surface area contributed by atoms with E-state index in [0.717, 1.165) is 18.4 Å². The van der Waals surface area contributed by atoms with Crippen molar-refractivity contribution in [1.82, 2.24) is 4.90 Å². The topological polar surface area (TPSA) is 20.3 Å². The highest BCUT2D eigenvalue weighted by molar-refractivity contribution is 5.79. The minimum Gasteiger partial charge on any atom is -0.300 e. The van der Waals surface area contributed by atoms with Crippen LogP contribution in [0.5, 0.6) is 0 Å². The molecule has 92 valence electrons. The highest BCUT2D eigenvalue weighted by Gasteiger charge is 2.22. The minimum absolute atomic E-state index is 0.147. The van der Waals surface area contributed by atoms with Gasteiger partial charge in [0.2, 0.25) is 0 Å². The van der Waals surface area contributed by atoms with Gasteiger partial charge >= 0.3 is 0 Å². The van der Waals surface area contributed by atoms with E-state index in [4.69, 9.17) is 0 Å². The van der Waals surface area contributed by atoms with Gasteiger partial charge in [0.15, 0.2) is 0 Å². The van der Waals surface area contributed by atoms with Crippen molar-refractivity contribution in [1.29, 1.82) is 0 Å². The van der Waals surface area contributed by atoms with Crippen molar-refractivity contribution in [3.8, 4) is 0 Å². The SMILES string of the molecule is CN(Cc1ccccc1F)C1CCC(=O)CC1. The van der Waals surface area contributed by atoms with Crippen molar-refractivity contribution in [3.63, 3.8) is 0 Å². The van der Waals surface area contributed by atoms with Crippen LogP contribution >= 0.6 is 0 Å². The molecular weight excluding hydrogens is 217 g/mol. The van der Waals surface area contributed by atoms with Crippen LogP contribution in [0.4, 0.5) is 4.39 Å². The van der Waals surface area contributed by atoms with Crippen molar-refractivity contribution in [3.05, 3.63) is 35.6 Å². The monoisotopic (exact) mass is 235 g/mol. The Bertz CT molecular complexity index is 395. The van der Waals surface area contributed by atoms with Crippen molar-refractivity contribution in [2.24, 2.45) is 0 Å². The highest BCUT2D eigenvalue weighted by Crippen LogP contribution is 2.21. The smallest absolute Gasteiger partial charge is 0.133 e. The van der Waals surface area contributed by atoms with Crippen LogP contribution in [0.3, 0.4) is 0 Å². The Balaban J connectivity index is 1.95. The molecule has 0 N–H and O–H groups in total. The summed E-state index contributed by atoms with van der Waals surface area (Å²) in [6.07, 6.45) is 3.16. The highest BCUT2D eigenvalue weighted by atomic mass is 19.1. The number of halogens is 1. The Morgan fingerprint density at radius 3 is 2.59 bits per heavy atom. The van der Waals surface area contributed by atoms with Gasteiger partial charge in [-0.05, 0) is 26.0 Å². The molecule has 1 aromatic rings. The second-order valence-corrected chi connectivity index (χ2v) is 4.78. The van der Waals surface area contributed by atoms with E-state index in [2.05, 4.69) is 4.90 Å². The molecule has 0 atom stereocenters. The molecule has 0 heterocycles. The van der Waals surface area contributed by atoms with E-state index >= 15 is 0 Å². The first-order valence-corrected chi connectivity index (χ1v) is 6.12.